The van der Waals surface area contributed by atoms with Crippen LogP contribution in [0.5, 0.6) is 0 Å². The van der Waals surface area contributed by atoms with Gasteiger partial charge in [0.1, 0.15) is 0 Å². The molecular weight excluding hydrogens is 241 g/mol. The minimum atomic E-state index is 0. The van der Waals surface area contributed by atoms with Crippen LogP contribution in [0.4, 0.5) is 0 Å². The smallest absolute Gasteiger partial charge is 0.0319 e. The van der Waals surface area contributed by atoms with Gasteiger partial charge < -0.3 is 15.3 Å². The zero-order chi connectivity index (χ0) is 6.00. The van der Waals surface area contributed by atoms with E-state index in [9.17, 15) is 0 Å². The molecule has 0 aromatic carbocycles. The first-order chi connectivity index (χ1) is 3.00. The SMILES string of the molecule is CO.CO.CO.[Gd]. The van der Waals surface area contributed by atoms with Crippen molar-refractivity contribution < 1.29 is 55.3 Å². The minimum absolute atomic E-state index is 0. The van der Waals surface area contributed by atoms with Gasteiger partial charge in [0, 0.05) is 61.3 Å². The van der Waals surface area contributed by atoms with Crippen LogP contribution in [0.25, 0.3) is 0 Å². The van der Waals surface area contributed by atoms with Gasteiger partial charge >= 0.3 is 0 Å². The van der Waals surface area contributed by atoms with Crippen LogP contribution in [0.2, 0.25) is 0 Å². The van der Waals surface area contributed by atoms with Crippen molar-refractivity contribution in [2.75, 3.05) is 21.3 Å². The van der Waals surface area contributed by atoms with Crippen molar-refractivity contribution in [3.8, 4) is 0 Å². The summed E-state index contributed by atoms with van der Waals surface area (Å²) in [7, 11) is 3.00. The summed E-state index contributed by atoms with van der Waals surface area (Å²) in [5.41, 5.74) is 0. The predicted molar refractivity (Wildman–Crippen MR) is 24.4 cm³/mol. The van der Waals surface area contributed by atoms with Gasteiger partial charge in [0.25, 0.3) is 0 Å². The van der Waals surface area contributed by atoms with Crippen LogP contribution in [-0.4, -0.2) is 36.6 Å². The summed E-state index contributed by atoms with van der Waals surface area (Å²) in [6.45, 7) is 0. The minimum Gasteiger partial charge on any atom is -0.400 e. The Morgan fingerprint density at radius 2 is 0.571 bits per heavy atom. The molecule has 0 aromatic rings. The monoisotopic (exact) mass is 254 g/mol. The van der Waals surface area contributed by atoms with Gasteiger partial charge in [0.15, 0.2) is 0 Å². The van der Waals surface area contributed by atoms with Gasteiger partial charge in [-0.25, -0.2) is 0 Å². The van der Waals surface area contributed by atoms with E-state index in [0.29, 0.717) is 0 Å². The van der Waals surface area contributed by atoms with Gasteiger partial charge in [-0.1, -0.05) is 0 Å². The van der Waals surface area contributed by atoms with Gasteiger partial charge in [-0.05, 0) is 0 Å². The summed E-state index contributed by atoms with van der Waals surface area (Å²) < 4.78 is 0. The van der Waals surface area contributed by atoms with Crippen LogP contribution < -0.4 is 0 Å². The molecule has 0 radical (unpaired) electrons. The first kappa shape index (κ1) is 24.1. The van der Waals surface area contributed by atoms with Crippen LogP contribution in [0, 0.1) is 39.9 Å². The Hall–Kier alpha value is 1.20. The molecule has 0 heterocycles. The Morgan fingerprint density at radius 3 is 0.571 bits per heavy atom. The van der Waals surface area contributed by atoms with Gasteiger partial charge in [0.2, 0.25) is 0 Å². The summed E-state index contributed by atoms with van der Waals surface area (Å²) in [4.78, 5) is 0. The fourth-order valence-electron chi connectivity index (χ4n) is 0. The summed E-state index contributed by atoms with van der Waals surface area (Å²) >= 11 is 0. The van der Waals surface area contributed by atoms with Crippen LogP contribution in [0.15, 0.2) is 0 Å². The molecule has 0 aliphatic rings. The molecule has 0 fully saturated rings. The third kappa shape index (κ3) is 134. The van der Waals surface area contributed by atoms with E-state index in [-0.39, 0.29) is 39.9 Å². The van der Waals surface area contributed by atoms with Gasteiger partial charge in [0.05, 0.1) is 0 Å². The molecule has 0 atom stereocenters. The van der Waals surface area contributed by atoms with Gasteiger partial charge in [-0.2, -0.15) is 0 Å². The second kappa shape index (κ2) is 191. The normalized spacial score (nSPS) is 2.57. The van der Waals surface area contributed by atoms with Crippen molar-refractivity contribution in [3.05, 3.63) is 0 Å². The number of aliphatic hydroxyl groups is 3. The van der Waals surface area contributed by atoms with E-state index in [1.54, 1.807) is 0 Å². The number of hydrogen-bond acceptors (Lipinski definition) is 3. The maximum Gasteiger partial charge on any atom is 0.0319 e. The Morgan fingerprint density at radius 1 is 0.571 bits per heavy atom. The molecule has 0 spiro atoms. The first-order valence-electron chi connectivity index (χ1n) is 1.34. The van der Waals surface area contributed by atoms with Crippen molar-refractivity contribution in [2.45, 2.75) is 0 Å². The Bertz CT molecular complexity index is 10.1. The summed E-state index contributed by atoms with van der Waals surface area (Å²) in [5, 5.41) is 21.0. The third-order valence-corrected chi connectivity index (χ3v) is 0. The first-order valence-corrected chi connectivity index (χ1v) is 1.34. The van der Waals surface area contributed by atoms with E-state index in [2.05, 4.69) is 0 Å². The second-order valence-electron chi connectivity index (χ2n) is 0. The molecule has 3 N–H and O–H groups in total. The van der Waals surface area contributed by atoms with E-state index >= 15 is 0 Å². The van der Waals surface area contributed by atoms with Crippen molar-refractivity contribution in [1.29, 1.82) is 0 Å². The Balaban J connectivity index is -0.00000000900. The van der Waals surface area contributed by atoms with E-state index in [4.69, 9.17) is 15.3 Å². The van der Waals surface area contributed by atoms with Crippen molar-refractivity contribution in [2.24, 2.45) is 0 Å². The van der Waals surface area contributed by atoms with Gasteiger partial charge in [-0.3, -0.25) is 0 Å². The van der Waals surface area contributed by atoms with Gasteiger partial charge in [-0.15, -0.1) is 0 Å². The average Bonchev–Trinajstić information content (AvgIpc) is 1.81. The summed E-state index contributed by atoms with van der Waals surface area (Å²) in [5.74, 6) is 0. The summed E-state index contributed by atoms with van der Waals surface area (Å²) in [6, 6.07) is 0. The molecular formula is C3H12GdO3. The van der Waals surface area contributed by atoms with Crippen molar-refractivity contribution in [1.82, 2.24) is 0 Å². The predicted octanol–water partition coefficient (Wildman–Crippen LogP) is -1.17. The maximum atomic E-state index is 7.00. The molecule has 0 bridgehead atoms. The fourth-order valence-corrected chi connectivity index (χ4v) is 0. The summed E-state index contributed by atoms with van der Waals surface area (Å²) in [6.07, 6.45) is 0. The second-order valence-corrected chi connectivity index (χ2v) is 0. The third-order valence-electron chi connectivity index (χ3n) is 0. The average molecular weight is 253 g/mol. The van der Waals surface area contributed by atoms with Crippen molar-refractivity contribution in [3.63, 3.8) is 0 Å². The molecule has 50 valence electrons. The van der Waals surface area contributed by atoms with E-state index < -0.39 is 0 Å². The molecule has 4 heteroatoms. The zero-order valence-corrected chi connectivity index (χ0v) is 6.96. The van der Waals surface area contributed by atoms with Crippen LogP contribution in [-0.2, 0) is 0 Å². The Labute approximate surface area is 76.0 Å². The van der Waals surface area contributed by atoms with Crippen LogP contribution in [0.3, 0.4) is 0 Å². The van der Waals surface area contributed by atoms with E-state index in [1.807, 2.05) is 0 Å². The van der Waals surface area contributed by atoms with E-state index in [0.717, 1.165) is 21.3 Å². The van der Waals surface area contributed by atoms with Crippen molar-refractivity contribution >= 4 is 0 Å². The zero-order valence-electron chi connectivity index (χ0n) is 4.70. The molecule has 0 saturated heterocycles. The molecule has 0 aliphatic heterocycles. The molecule has 3 nitrogen and oxygen atoms in total. The fraction of sp³-hybridized carbons (Fsp3) is 1.00. The maximum absolute atomic E-state index is 7.00. The Kier molecular flexibility index (Phi) is 658. The molecule has 0 aliphatic carbocycles. The molecule has 0 amide bonds. The quantitative estimate of drug-likeness (QED) is 0.510. The number of hydrogen-bond donors (Lipinski definition) is 3. The molecule has 7 heavy (non-hydrogen) atoms. The molecule has 0 unspecified atom stereocenters. The standard InChI is InChI=1S/3CH4O.Gd/c3*1-2;/h3*2H,1H3;. The molecule has 0 aromatic heterocycles. The molecule has 0 rings (SSSR count). The largest absolute Gasteiger partial charge is 0.400 e. The van der Waals surface area contributed by atoms with Crippen LogP contribution in [0.1, 0.15) is 0 Å². The topological polar surface area (TPSA) is 60.7 Å². The van der Waals surface area contributed by atoms with Crippen LogP contribution >= 0.6 is 0 Å². The van der Waals surface area contributed by atoms with E-state index in [1.165, 1.54) is 0 Å². The molecule has 0 saturated carbocycles. The number of aliphatic hydroxyl groups excluding tert-OH is 3. The number of rotatable bonds is 0.